The van der Waals surface area contributed by atoms with Gasteiger partial charge in [0.25, 0.3) is 16.1 Å². The van der Waals surface area contributed by atoms with Gasteiger partial charge in [-0.05, 0) is 79.1 Å². The molecule has 0 aromatic carbocycles. The van der Waals surface area contributed by atoms with Crippen LogP contribution < -0.4 is 50.9 Å². The topological polar surface area (TPSA) is 658 Å². The molecule has 0 bridgehead atoms. The van der Waals surface area contributed by atoms with Crippen molar-refractivity contribution in [1.29, 1.82) is 0 Å². The zero-order valence-corrected chi connectivity index (χ0v) is 40.2. The molecule has 0 amide bonds. The van der Waals surface area contributed by atoms with Crippen LogP contribution in [-0.2, 0) is 48.5 Å². The minimum absolute atomic E-state index is 0.0132. The zero-order chi connectivity index (χ0) is 57.2. The molecule has 0 rings (SSSR count). The lowest BCUT2D eigenvalue weighted by molar-refractivity contribution is -0.525. The molecule has 7 unspecified atom stereocenters. The Bertz CT molecular complexity index is 1730. The van der Waals surface area contributed by atoms with E-state index in [-0.39, 0.29) is 38.3 Å². The molecule has 0 aliphatic carbocycles. The molecule has 0 fully saturated rings. The number of carbonyl (C=O) groups is 8. The molecule has 0 aromatic heterocycles. The number of hydrogen-bond acceptors (Lipinski definition) is 23. The molecule has 27 N–H and O–H groups in total. The average molecular weight is 1060 g/mol. The van der Waals surface area contributed by atoms with Crippen LogP contribution in [0.1, 0.15) is 71.1 Å². The van der Waals surface area contributed by atoms with Gasteiger partial charge in [-0.3, -0.25) is 38.1 Å². The smallest absolute Gasteiger partial charge is 0.333 e. The quantitative estimate of drug-likeness (QED) is 0.00794. The third kappa shape index (κ3) is 58.2. The molecule has 71 heavy (non-hydrogen) atoms. The first-order valence-corrected chi connectivity index (χ1v) is 22.1. The molecule has 0 aromatic rings. The number of guanidine groups is 1. The summed E-state index contributed by atoms with van der Waals surface area (Å²) in [5.74, 6) is -10.4. The number of aliphatic imine (C=N–C) groups is 1. The predicted molar refractivity (Wildman–Crippen MR) is 247 cm³/mol. The lowest BCUT2D eigenvalue weighted by Crippen LogP contribution is -2.48. The van der Waals surface area contributed by atoms with E-state index < -0.39 is 117 Å². The minimum Gasteiger partial charge on any atom is -0.481 e. The van der Waals surface area contributed by atoms with Crippen LogP contribution in [-0.4, -0.2) is 222 Å². The Morgan fingerprint density at radius 3 is 1.41 bits per heavy atom. The number of carboxylic acids is 8. The fourth-order valence-electron chi connectivity index (χ4n) is 3.62. The standard InChI is InChI=1S/C11H20N2O6.C8H18N2O2.C6H13N5O4.C4H9NO3.C3H7NO5S.C3H7NO3/c12-7(10(16)17)3-1-2-6-13-8(11(18)19)4-5-9(14)15;1-10(2)6-4-3-5-7(9)8(11)12;7-4(5(12)13)2-1-3-9-6(8)10-11(14)15;1-4(5,2-6)3(7)8;4-2(3(5)6)1-10(7,8)9;4-1-2(5)3(6)7/h7-8,13H,1-6,12H2,(H,14,15)(H,16,17)(H,18,19);7H,3-6,9H2,1-2H3,(H,11,12);4H,1-3,7H2,(H,12,13)(H3,8,9,10);6H,2,5H2,1H3,(H,7,8);2H,1,4H2,(H,5,6)(H,7,8,9);2,5H,1,4H2,(H,6,7). The number of aliphatic hydroxyl groups is 2. The van der Waals surface area contributed by atoms with Gasteiger partial charge in [-0.2, -0.15) is 8.42 Å². The van der Waals surface area contributed by atoms with Gasteiger partial charge in [0, 0.05) is 19.5 Å². The van der Waals surface area contributed by atoms with E-state index in [9.17, 15) is 56.9 Å². The van der Waals surface area contributed by atoms with E-state index in [0.29, 0.717) is 38.6 Å². The maximum Gasteiger partial charge on any atom is 0.333 e. The number of nitrogens with one attached hydrogen (secondary N) is 2. The van der Waals surface area contributed by atoms with Gasteiger partial charge in [-0.25, -0.2) is 19.9 Å². The van der Waals surface area contributed by atoms with E-state index in [1.165, 1.54) is 6.92 Å². The highest BCUT2D eigenvalue weighted by atomic mass is 32.2. The Balaban J connectivity index is -0.000000184. The van der Waals surface area contributed by atoms with E-state index in [0.717, 1.165) is 19.4 Å². The highest BCUT2D eigenvalue weighted by molar-refractivity contribution is 7.85. The number of aliphatic hydroxyl groups excluding tert-OH is 2. The van der Waals surface area contributed by atoms with Crippen molar-refractivity contribution in [3.05, 3.63) is 10.1 Å². The summed E-state index contributed by atoms with van der Waals surface area (Å²) in [6.45, 7) is 2.04. The molecule has 35 nitrogen and oxygen atoms in total. The van der Waals surface area contributed by atoms with Crippen molar-refractivity contribution in [3.8, 4) is 0 Å². The first kappa shape index (κ1) is 76.4. The van der Waals surface area contributed by atoms with Crippen molar-refractivity contribution < 1.29 is 107 Å². The van der Waals surface area contributed by atoms with Gasteiger partial charge in [0.15, 0.2) is 11.1 Å². The maximum atomic E-state index is 10.8. The molecule has 7 atom stereocenters. The molecule has 36 heteroatoms. The molecule has 0 saturated carbocycles. The zero-order valence-electron chi connectivity index (χ0n) is 39.4. The van der Waals surface area contributed by atoms with Crippen LogP contribution in [0.2, 0.25) is 0 Å². The Labute approximate surface area is 407 Å². The molecule has 418 valence electrons. The Hall–Kier alpha value is -6.06. The monoisotopic (exact) mass is 1060 g/mol. The van der Waals surface area contributed by atoms with Gasteiger partial charge in [-0.15, -0.1) is 0 Å². The lowest BCUT2D eigenvalue weighted by atomic mass is 10.1. The van der Waals surface area contributed by atoms with Crippen molar-refractivity contribution in [2.75, 3.05) is 52.6 Å². The number of nitrogens with zero attached hydrogens (tertiary/aromatic N) is 3. The van der Waals surface area contributed by atoms with Crippen LogP contribution in [0.4, 0.5) is 0 Å². The summed E-state index contributed by atoms with van der Waals surface area (Å²) in [5, 5.41) is 95.0. The highest BCUT2D eigenvalue weighted by Crippen LogP contribution is 2.02. The molecule has 0 aliphatic rings. The van der Waals surface area contributed by atoms with Gasteiger partial charge in [0.1, 0.15) is 41.5 Å². The molecular weight excluding hydrogens is 989 g/mol. The van der Waals surface area contributed by atoms with E-state index >= 15 is 0 Å². The fourth-order valence-corrected chi connectivity index (χ4v) is 4.21. The van der Waals surface area contributed by atoms with E-state index in [2.05, 4.69) is 15.2 Å². The SMILES string of the molecule is CC(N)(CO)C(=O)O.CN(C)CCCCC(N)C(=O)O.NC(=NCCCC(N)C(=O)O)N[N+](=O)[O-].NC(CCCCNC(CCC(=O)O)C(=O)O)C(=O)O.NC(CS(=O)(=O)O)C(=O)O.NCC(O)C(=O)O. The highest BCUT2D eigenvalue weighted by Gasteiger charge is 2.26. The van der Waals surface area contributed by atoms with Gasteiger partial charge >= 0.3 is 47.8 Å². The van der Waals surface area contributed by atoms with Gasteiger partial charge < -0.3 is 101 Å². The summed E-state index contributed by atoms with van der Waals surface area (Å²) >= 11 is 0. The van der Waals surface area contributed by atoms with Crippen LogP contribution in [0.3, 0.4) is 0 Å². The summed E-state index contributed by atoms with van der Waals surface area (Å²) in [4.78, 5) is 97.2. The van der Waals surface area contributed by atoms with Crippen molar-refractivity contribution in [2.45, 2.75) is 113 Å². The number of hydrazine groups is 1. The number of aliphatic carboxylic acids is 8. The lowest BCUT2D eigenvalue weighted by Gasteiger charge is -2.13. The van der Waals surface area contributed by atoms with Crippen LogP contribution >= 0.6 is 0 Å². The van der Waals surface area contributed by atoms with Crippen molar-refractivity contribution in [3.63, 3.8) is 0 Å². The second-order valence-electron chi connectivity index (χ2n) is 14.8. The van der Waals surface area contributed by atoms with E-state index in [1.54, 1.807) is 5.43 Å². The van der Waals surface area contributed by atoms with Crippen LogP contribution in [0.5, 0.6) is 0 Å². The predicted octanol–water partition coefficient (Wildman–Crippen LogP) is -6.66. The Morgan fingerprint density at radius 1 is 0.718 bits per heavy atom. The van der Waals surface area contributed by atoms with Crippen LogP contribution in [0, 0.1) is 10.1 Å². The molecule has 0 spiro atoms. The first-order valence-electron chi connectivity index (χ1n) is 20.5. The van der Waals surface area contributed by atoms with Crippen molar-refractivity contribution in [2.24, 2.45) is 45.1 Å². The van der Waals surface area contributed by atoms with Crippen LogP contribution in [0.15, 0.2) is 4.99 Å². The molecular formula is C35H74N12O23S. The Morgan fingerprint density at radius 2 is 1.14 bits per heavy atom. The summed E-state index contributed by atoms with van der Waals surface area (Å²) < 4.78 is 28.0. The molecule has 0 radical (unpaired) electrons. The fraction of sp³-hybridized carbons (Fsp3) is 0.743. The largest absolute Gasteiger partial charge is 0.481 e. The number of rotatable bonds is 30. The molecule has 0 heterocycles. The molecule has 0 saturated heterocycles. The normalized spacial score (nSPS) is 14.1. The maximum absolute atomic E-state index is 10.8. The second-order valence-corrected chi connectivity index (χ2v) is 16.3. The average Bonchev–Trinajstić information content (AvgIpc) is 3.23. The molecule has 0 aliphatic heterocycles. The van der Waals surface area contributed by atoms with Crippen LogP contribution in [0.25, 0.3) is 0 Å². The van der Waals surface area contributed by atoms with Crippen molar-refractivity contribution in [1.82, 2.24) is 15.6 Å². The van der Waals surface area contributed by atoms with Crippen molar-refractivity contribution >= 4 is 63.8 Å². The third-order valence-electron chi connectivity index (χ3n) is 7.79. The third-order valence-corrected chi connectivity index (χ3v) is 8.57. The number of nitrogens with two attached hydrogens (primary N) is 7. The number of unbranched alkanes of at least 4 members (excludes halogenated alkanes) is 2. The summed E-state index contributed by atoms with van der Waals surface area (Å²) in [5.41, 5.74) is 35.6. The van der Waals surface area contributed by atoms with E-state index in [4.69, 9.17) is 95.8 Å². The summed E-state index contributed by atoms with van der Waals surface area (Å²) in [6, 6.07) is -4.99. The summed E-state index contributed by atoms with van der Waals surface area (Å²) in [6.07, 6.45) is 2.96. The van der Waals surface area contributed by atoms with Gasteiger partial charge in [0.05, 0.1) is 6.61 Å². The first-order chi connectivity index (χ1) is 32.3. The number of nitro groups is 1. The number of carboxylic acid groups (broad SMARTS) is 8. The van der Waals surface area contributed by atoms with E-state index in [1.807, 2.05) is 14.1 Å². The van der Waals surface area contributed by atoms with Gasteiger partial charge in [-0.1, -0.05) is 18.3 Å². The Kier molecular flexibility index (Phi) is 47.3. The summed E-state index contributed by atoms with van der Waals surface area (Å²) in [7, 11) is -0.280. The van der Waals surface area contributed by atoms with Gasteiger partial charge in [0.2, 0.25) is 0 Å². The second kappa shape index (κ2) is 43.9. The number of hydrogen-bond donors (Lipinski definition) is 20. The minimum atomic E-state index is -4.27.